The zero-order chi connectivity index (χ0) is 16.4. The first-order valence-corrected chi connectivity index (χ1v) is 7.38. The van der Waals surface area contributed by atoms with Crippen LogP contribution in [0.4, 0.5) is 4.39 Å². The van der Waals surface area contributed by atoms with Gasteiger partial charge in [0, 0.05) is 11.8 Å². The molecule has 0 atom stereocenters. The second-order valence-electron chi connectivity index (χ2n) is 5.02. The lowest BCUT2D eigenvalue weighted by atomic mass is 10.00. The first-order chi connectivity index (χ1) is 10.3. The van der Waals surface area contributed by atoms with E-state index in [2.05, 4.69) is 4.98 Å². The van der Waals surface area contributed by atoms with Crippen LogP contribution in [0.5, 0.6) is 5.75 Å². The lowest BCUT2D eigenvalue weighted by molar-refractivity contribution is 0.101. The number of benzene rings is 1. The molecule has 0 aliphatic carbocycles. The zero-order valence-corrected chi connectivity index (χ0v) is 13.8. The van der Waals surface area contributed by atoms with Crippen LogP contribution < -0.4 is 4.74 Å². The number of hydrogen-bond donors (Lipinski definition) is 0. The Morgan fingerprint density at radius 3 is 2.50 bits per heavy atom. The number of Topliss-reactive ketones (excluding diaryl/α,β-unsaturated/α-hetero) is 1. The maximum Gasteiger partial charge on any atom is 0.163 e. The van der Waals surface area contributed by atoms with Gasteiger partial charge >= 0.3 is 0 Å². The molecule has 116 valence electrons. The molecular weight excluding hydrogens is 328 g/mol. The molecule has 0 fully saturated rings. The van der Waals surface area contributed by atoms with Gasteiger partial charge in [0.2, 0.25) is 0 Å². The fraction of sp³-hybridized carbons (Fsp3) is 0.250. The summed E-state index contributed by atoms with van der Waals surface area (Å²) in [7, 11) is 0. The Morgan fingerprint density at radius 2 is 2.00 bits per heavy atom. The fourth-order valence-electron chi connectivity index (χ4n) is 2.01. The van der Waals surface area contributed by atoms with E-state index in [-0.39, 0.29) is 38.9 Å². The average Bonchev–Trinajstić information content (AvgIpc) is 2.43. The van der Waals surface area contributed by atoms with E-state index in [4.69, 9.17) is 27.9 Å². The van der Waals surface area contributed by atoms with Crippen LogP contribution >= 0.6 is 23.2 Å². The number of pyridine rings is 1. The van der Waals surface area contributed by atoms with Crippen molar-refractivity contribution in [3.8, 4) is 16.9 Å². The largest absolute Gasteiger partial charge is 0.489 e. The number of nitrogens with zero attached hydrogens (tertiary/aromatic N) is 1. The maximum atomic E-state index is 14.6. The van der Waals surface area contributed by atoms with E-state index in [9.17, 15) is 9.18 Å². The molecule has 0 aliphatic heterocycles. The fourth-order valence-corrected chi connectivity index (χ4v) is 2.33. The predicted octanol–water partition coefficient (Wildman–Crippen LogP) is 5.18. The van der Waals surface area contributed by atoms with Crippen molar-refractivity contribution in [3.05, 3.63) is 46.0 Å². The molecule has 0 N–H and O–H groups in total. The highest BCUT2D eigenvalue weighted by Gasteiger charge is 2.23. The van der Waals surface area contributed by atoms with E-state index < -0.39 is 5.82 Å². The highest BCUT2D eigenvalue weighted by molar-refractivity contribution is 6.31. The van der Waals surface area contributed by atoms with E-state index in [0.29, 0.717) is 5.56 Å². The number of carbonyl (C=O) groups is 1. The second-order valence-corrected chi connectivity index (χ2v) is 5.81. The number of carbonyl (C=O) groups excluding carboxylic acids is 1. The molecule has 22 heavy (non-hydrogen) atoms. The topological polar surface area (TPSA) is 39.2 Å². The van der Waals surface area contributed by atoms with Gasteiger partial charge in [0.05, 0.1) is 22.3 Å². The molecule has 0 unspecified atom stereocenters. The number of ketones is 1. The summed E-state index contributed by atoms with van der Waals surface area (Å²) in [6.45, 7) is 4.96. The van der Waals surface area contributed by atoms with Crippen LogP contribution in [0.3, 0.4) is 0 Å². The molecule has 3 nitrogen and oxygen atoms in total. The van der Waals surface area contributed by atoms with Gasteiger partial charge in [-0.1, -0.05) is 23.2 Å². The molecule has 6 heteroatoms. The lowest BCUT2D eigenvalue weighted by Crippen LogP contribution is -2.11. The van der Waals surface area contributed by atoms with E-state index in [0.717, 1.165) is 0 Å². The summed E-state index contributed by atoms with van der Waals surface area (Å²) in [6.07, 6.45) is 1.17. The van der Waals surface area contributed by atoms with Gasteiger partial charge in [0.1, 0.15) is 10.9 Å². The van der Waals surface area contributed by atoms with Crippen molar-refractivity contribution in [3.63, 3.8) is 0 Å². The number of halogens is 3. The molecule has 0 spiro atoms. The van der Waals surface area contributed by atoms with Gasteiger partial charge in [-0.2, -0.15) is 0 Å². The van der Waals surface area contributed by atoms with Gasteiger partial charge in [-0.15, -0.1) is 0 Å². The summed E-state index contributed by atoms with van der Waals surface area (Å²) in [4.78, 5) is 15.8. The Morgan fingerprint density at radius 1 is 1.32 bits per heavy atom. The molecule has 0 saturated carbocycles. The molecule has 0 aliphatic rings. The zero-order valence-electron chi connectivity index (χ0n) is 12.3. The van der Waals surface area contributed by atoms with Crippen molar-refractivity contribution >= 4 is 29.0 Å². The van der Waals surface area contributed by atoms with Gasteiger partial charge in [0.25, 0.3) is 0 Å². The summed E-state index contributed by atoms with van der Waals surface area (Å²) in [5, 5.41) is 0.135. The monoisotopic (exact) mass is 341 g/mol. The molecule has 1 heterocycles. The Balaban J connectivity index is 2.78. The highest BCUT2D eigenvalue weighted by Crippen LogP contribution is 2.40. The minimum Gasteiger partial charge on any atom is -0.489 e. The van der Waals surface area contributed by atoms with Crippen molar-refractivity contribution < 1.29 is 13.9 Å². The first kappa shape index (κ1) is 16.7. The van der Waals surface area contributed by atoms with E-state index in [1.54, 1.807) is 19.9 Å². The summed E-state index contributed by atoms with van der Waals surface area (Å²) < 4.78 is 20.2. The minimum atomic E-state index is -0.661. The molecule has 0 radical (unpaired) electrons. The molecule has 2 aromatic rings. The van der Waals surface area contributed by atoms with Crippen molar-refractivity contribution in [2.24, 2.45) is 0 Å². The van der Waals surface area contributed by atoms with Gasteiger partial charge < -0.3 is 4.74 Å². The second kappa shape index (κ2) is 6.63. The smallest absolute Gasteiger partial charge is 0.163 e. The van der Waals surface area contributed by atoms with Gasteiger partial charge in [-0.25, -0.2) is 9.37 Å². The van der Waals surface area contributed by atoms with Crippen molar-refractivity contribution in [1.29, 1.82) is 0 Å². The van der Waals surface area contributed by atoms with Gasteiger partial charge in [-0.05, 0) is 39.0 Å². The maximum absolute atomic E-state index is 14.6. The Bertz CT molecular complexity index is 715. The number of rotatable bonds is 4. The van der Waals surface area contributed by atoms with Crippen molar-refractivity contribution in [1.82, 2.24) is 4.98 Å². The Kier molecular flexibility index (Phi) is 5.04. The summed E-state index contributed by atoms with van der Waals surface area (Å²) >= 11 is 11.7. The minimum absolute atomic E-state index is 0.107. The van der Waals surface area contributed by atoms with E-state index >= 15 is 0 Å². The Hall–Kier alpha value is -1.65. The molecule has 1 aromatic carbocycles. The van der Waals surface area contributed by atoms with Gasteiger partial charge in [-0.3, -0.25) is 4.79 Å². The first-order valence-electron chi connectivity index (χ1n) is 6.62. The quantitative estimate of drug-likeness (QED) is 0.567. The van der Waals surface area contributed by atoms with E-state index in [1.165, 1.54) is 25.3 Å². The SMILES string of the molecule is CC(=O)c1cc(Cl)c(F)c(-c2ccc(Cl)nc2)c1OC(C)C. The van der Waals surface area contributed by atoms with Crippen LogP contribution in [0, 0.1) is 5.82 Å². The lowest BCUT2D eigenvalue weighted by Gasteiger charge is -2.18. The molecule has 0 bridgehead atoms. The van der Waals surface area contributed by atoms with E-state index in [1.807, 2.05) is 0 Å². The van der Waals surface area contributed by atoms with Crippen LogP contribution in [-0.4, -0.2) is 16.9 Å². The van der Waals surface area contributed by atoms with Crippen LogP contribution in [-0.2, 0) is 0 Å². The molecule has 2 rings (SSSR count). The highest BCUT2D eigenvalue weighted by atomic mass is 35.5. The summed E-state index contributed by atoms with van der Waals surface area (Å²) in [5.74, 6) is -0.763. The number of hydrogen-bond acceptors (Lipinski definition) is 3. The van der Waals surface area contributed by atoms with Gasteiger partial charge in [0.15, 0.2) is 11.6 Å². The number of aromatic nitrogens is 1. The average molecular weight is 342 g/mol. The van der Waals surface area contributed by atoms with Crippen LogP contribution in [0.25, 0.3) is 11.1 Å². The third-order valence-corrected chi connectivity index (χ3v) is 3.42. The molecule has 0 saturated heterocycles. The number of ether oxygens (including phenoxy) is 1. The molecule has 1 aromatic heterocycles. The van der Waals surface area contributed by atoms with Crippen LogP contribution in [0.1, 0.15) is 31.1 Å². The van der Waals surface area contributed by atoms with Crippen LogP contribution in [0.15, 0.2) is 24.4 Å². The van der Waals surface area contributed by atoms with Crippen molar-refractivity contribution in [2.45, 2.75) is 26.9 Å². The summed E-state index contributed by atoms with van der Waals surface area (Å²) in [5.41, 5.74) is 0.767. The summed E-state index contributed by atoms with van der Waals surface area (Å²) in [6, 6.07) is 4.41. The predicted molar refractivity (Wildman–Crippen MR) is 85.4 cm³/mol. The third-order valence-electron chi connectivity index (χ3n) is 2.92. The molecule has 0 amide bonds. The molecular formula is C16H14Cl2FNO2. The standard InChI is InChI=1S/C16H14Cl2FNO2/c1-8(2)22-16-11(9(3)21)6-12(17)15(19)14(16)10-4-5-13(18)20-7-10/h4-8H,1-3H3. The van der Waals surface area contributed by atoms with Crippen molar-refractivity contribution in [2.75, 3.05) is 0 Å². The Labute approximate surface area is 138 Å². The normalized spacial score (nSPS) is 10.9. The van der Waals surface area contributed by atoms with Crippen LogP contribution in [0.2, 0.25) is 10.2 Å². The third kappa shape index (κ3) is 3.39.